The van der Waals surface area contributed by atoms with E-state index in [0.717, 1.165) is 6.42 Å². The Kier molecular flexibility index (Phi) is 5.02. The Bertz CT molecular complexity index is 221. The SMILES string of the molecule is C=C.CCc1c(C)cncc1C. The van der Waals surface area contributed by atoms with Gasteiger partial charge in [0, 0.05) is 12.4 Å². The van der Waals surface area contributed by atoms with Crippen LogP contribution in [0.25, 0.3) is 0 Å². The van der Waals surface area contributed by atoms with Crippen LogP contribution in [-0.2, 0) is 6.42 Å². The average molecular weight is 163 g/mol. The Morgan fingerprint density at radius 1 is 1.17 bits per heavy atom. The zero-order valence-electron chi connectivity index (χ0n) is 8.22. The number of pyridine rings is 1. The lowest BCUT2D eigenvalue weighted by molar-refractivity contribution is 1.05. The van der Waals surface area contributed by atoms with Gasteiger partial charge in [0.1, 0.15) is 0 Å². The van der Waals surface area contributed by atoms with Crippen LogP contribution in [0.4, 0.5) is 0 Å². The number of rotatable bonds is 1. The van der Waals surface area contributed by atoms with Crippen molar-refractivity contribution >= 4 is 0 Å². The van der Waals surface area contributed by atoms with Crippen molar-refractivity contribution in [2.75, 3.05) is 0 Å². The number of hydrogen-bond acceptors (Lipinski definition) is 1. The van der Waals surface area contributed by atoms with Crippen LogP contribution >= 0.6 is 0 Å². The highest BCUT2D eigenvalue weighted by Gasteiger charge is 1.97. The first-order chi connectivity index (χ1) is 5.75. The third-order valence-corrected chi connectivity index (χ3v) is 1.84. The molecule has 0 aliphatic rings. The smallest absolute Gasteiger partial charge is 0.0299 e. The number of aromatic nitrogens is 1. The lowest BCUT2D eigenvalue weighted by Crippen LogP contribution is -1.91. The van der Waals surface area contributed by atoms with Crippen LogP contribution in [-0.4, -0.2) is 4.98 Å². The number of aryl methyl sites for hydroxylation is 2. The van der Waals surface area contributed by atoms with Gasteiger partial charge in [-0.15, -0.1) is 13.2 Å². The molecule has 0 spiro atoms. The molecular formula is C11H17N. The van der Waals surface area contributed by atoms with Gasteiger partial charge in [-0.1, -0.05) is 6.92 Å². The maximum atomic E-state index is 4.09. The molecule has 1 nitrogen and oxygen atoms in total. The van der Waals surface area contributed by atoms with Crippen molar-refractivity contribution in [1.82, 2.24) is 4.98 Å². The molecule has 66 valence electrons. The van der Waals surface area contributed by atoms with E-state index >= 15 is 0 Å². The third-order valence-electron chi connectivity index (χ3n) is 1.84. The first kappa shape index (κ1) is 10.9. The van der Waals surface area contributed by atoms with E-state index in [-0.39, 0.29) is 0 Å². The molecule has 0 aromatic carbocycles. The van der Waals surface area contributed by atoms with E-state index in [1.807, 2.05) is 12.4 Å². The average Bonchev–Trinajstić information content (AvgIpc) is 2.08. The van der Waals surface area contributed by atoms with Crippen LogP contribution < -0.4 is 0 Å². The molecule has 0 aliphatic carbocycles. The van der Waals surface area contributed by atoms with E-state index in [4.69, 9.17) is 0 Å². The van der Waals surface area contributed by atoms with E-state index in [0.29, 0.717) is 0 Å². The van der Waals surface area contributed by atoms with Crippen molar-refractivity contribution in [3.8, 4) is 0 Å². The van der Waals surface area contributed by atoms with Gasteiger partial charge >= 0.3 is 0 Å². The van der Waals surface area contributed by atoms with Crippen molar-refractivity contribution < 1.29 is 0 Å². The molecule has 0 N–H and O–H groups in total. The van der Waals surface area contributed by atoms with Crippen LogP contribution in [0.3, 0.4) is 0 Å². The van der Waals surface area contributed by atoms with Gasteiger partial charge < -0.3 is 0 Å². The van der Waals surface area contributed by atoms with Gasteiger partial charge in [0.25, 0.3) is 0 Å². The Labute approximate surface area is 75.2 Å². The first-order valence-electron chi connectivity index (χ1n) is 4.15. The number of nitrogens with zero attached hydrogens (tertiary/aromatic N) is 1. The fourth-order valence-electron chi connectivity index (χ4n) is 1.29. The van der Waals surface area contributed by atoms with E-state index < -0.39 is 0 Å². The summed E-state index contributed by atoms with van der Waals surface area (Å²) in [4.78, 5) is 4.09. The van der Waals surface area contributed by atoms with E-state index in [1.165, 1.54) is 16.7 Å². The van der Waals surface area contributed by atoms with Gasteiger partial charge in [0.15, 0.2) is 0 Å². The maximum absolute atomic E-state index is 4.09. The molecule has 0 saturated carbocycles. The van der Waals surface area contributed by atoms with E-state index in [9.17, 15) is 0 Å². The molecule has 1 aromatic heterocycles. The van der Waals surface area contributed by atoms with Crippen molar-refractivity contribution in [2.24, 2.45) is 0 Å². The Morgan fingerprint density at radius 3 is 1.83 bits per heavy atom. The van der Waals surface area contributed by atoms with Crippen LogP contribution in [0.1, 0.15) is 23.6 Å². The Morgan fingerprint density at radius 2 is 1.58 bits per heavy atom. The summed E-state index contributed by atoms with van der Waals surface area (Å²) < 4.78 is 0. The lowest BCUT2D eigenvalue weighted by atomic mass is 10.0. The van der Waals surface area contributed by atoms with Gasteiger partial charge in [-0.05, 0) is 37.0 Å². The van der Waals surface area contributed by atoms with E-state index in [1.54, 1.807) is 0 Å². The Hall–Kier alpha value is -1.11. The highest BCUT2D eigenvalue weighted by atomic mass is 14.6. The van der Waals surface area contributed by atoms with Crippen LogP contribution in [0.5, 0.6) is 0 Å². The monoisotopic (exact) mass is 163 g/mol. The second kappa shape index (κ2) is 5.53. The van der Waals surface area contributed by atoms with Crippen LogP contribution in [0, 0.1) is 13.8 Å². The summed E-state index contributed by atoms with van der Waals surface area (Å²) in [6.07, 6.45) is 4.96. The minimum atomic E-state index is 1.11. The standard InChI is InChI=1S/C9H13N.C2H4/c1-4-9-7(2)5-10-6-8(9)3;1-2/h5-6H,4H2,1-3H3;1-2H2. The highest BCUT2D eigenvalue weighted by Crippen LogP contribution is 2.10. The highest BCUT2D eigenvalue weighted by molar-refractivity contribution is 5.29. The molecule has 0 amide bonds. The summed E-state index contributed by atoms with van der Waals surface area (Å²) in [6, 6.07) is 0. The zero-order chi connectivity index (χ0) is 9.56. The van der Waals surface area contributed by atoms with Crippen molar-refractivity contribution in [3.05, 3.63) is 42.2 Å². The fourth-order valence-corrected chi connectivity index (χ4v) is 1.29. The lowest BCUT2D eigenvalue weighted by Gasteiger charge is -2.04. The summed E-state index contributed by atoms with van der Waals surface area (Å²) in [7, 11) is 0. The summed E-state index contributed by atoms with van der Waals surface area (Å²) in [5.74, 6) is 0. The fraction of sp³-hybridized carbons (Fsp3) is 0.364. The molecule has 1 heteroatoms. The van der Waals surface area contributed by atoms with Gasteiger partial charge in [0.2, 0.25) is 0 Å². The largest absolute Gasteiger partial charge is 0.264 e. The molecule has 0 bridgehead atoms. The molecule has 0 saturated heterocycles. The maximum Gasteiger partial charge on any atom is 0.0299 e. The molecule has 1 rings (SSSR count). The van der Waals surface area contributed by atoms with Gasteiger partial charge in [-0.2, -0.15) is 0 Å². The molecule has 0 atom stereocenters. The van der Waals surface area contributed by atoms with Gasteiger partial charge in [0.05, 0.1) is 0 Å². The summed E-state index contributed by atoms with van der Waals surface area (Å²) in [6.45, 7) is 12.4. The Balaban J connectivity index is 0.000000561. The van der Waals surface area contributed by atoms with Crippen LogP contribution in [0.15, 0.2) is 25.6 Å². The predicted molar refractivity (Wildman–Crippen MR) is 54.3 cm³/mol. The topological polar surface area (TPSA) is 12.9 Å². The van der Waals surface area contributed by atoms with Crippen LogP contribution in [0.2, 0.25) is 0 Å². The van der Waals surface area contributed by atoms with E-state index in [2.05, 4.69) is 38.9 Å². The van der Waals surface area contributed by atoms with Gasteiger partial charge in [-0.3, -0.25) is 4.98 Å². The normalized spacial score (nSPS) is 8.58. The molecule has 0 unspecified atom stereocenters. The minimum absolute atomic E-state index is 1.11. The molecule has 12 heavy (non-hydrogen) atoms. The number of hydrogen-bond donors (Lipinski definition) is 0. The second-order valence-electron chi connectivity index (χ2n) is 2.61. The summed E-state index contributed by atoms with van der Waals surface area (Å²) in [5.41, 5.74) is 4.06. The van der Waals surface area contributed by atoms with Crippen molar-refractivity contribution in [3.63, 3.8) is 0 Å². The molecule has 0 aliphatic heterocycles. The van der Waals surface area contributed by atoms with Crippen molar-refractivity contribution in [2.45, 2.75) is 27.2 Å². The molecule has 0 fully saturated rings. The quantitative estimate of drug-likeness (QED) is 0.580. The summed E-state index contributed by atoms with van der Waals surface area (Å²) in [5, 5.41) is 0. The minimum Gasteiger partial charge on any atom is -0.264 e. The second-order valence-corrected chi connectivity index (χ2v) is 2.61. The van der Waals surface area contributed by atoms with Gasteiger partial charge in [-0.25, -0.2) is 0 Å². The third kappa shape index (κ3) is 2.50. The van der Waals surface area contributed by atoms with Crippen molar-refractivity contribution in [1.29, 1.82) is 0 Å². The summed E-state index contributed by atoms with van der Waals surface area (Å²) >= 11 is 0. The zero-order valence-corrected chi connectivity index (χ0v) is 8.22. The molecule has 1 heterocycles. The predicted octanol–water partition coefficient (Wildman–Crippen LogP) is 3.06. The molecule has 1 aromatic rings. The first-order valence-corrected chi connectivity index (χ1v) is 4.15. The molecule has 0 radical (unpaired) electrons. The molecular weight excluding hydrogens is 146 g/mol.